The first-order valence-corrected chi connectivity index (χ1v) is 8.47. The maximum atomic E-state index is 12.4. The zero-order valence-corrected chi connectivity index (χ0v) is 15.9. The number of amides is 1. The molecule has 0 aromatic heterocycles. The molecule has 7 heteroatoms. The summed E-state index contributed by atoms with van der Waals surface area (Å²) in [7, 11) is 1.58. The van der Waals surface area contributed by atoms with Gasteiger partial charge in [0.05, 0.1) is 18.2 Å². The molecule has 1 saturated heterocycles. The predicted octanol–water partition coefficient (Wildman–Crippen LogP) is 3.15. The summed E-state index contributed by atoms with van der Waals surface area (Å²) in [4.78, 5) is 12.4. The average molecular weight is 408 g/mol. The largest absolute Gasteiger partial charge is 0.493 e. The van der Waals surface area contributed by atoms with Crippen molar-refractivity contribution in [2.75, 3.05) is 26.8 Å². The first-order valence-electron chi connectivity index (χ1n) is 7.67. The lowest BCUT2D eigenvalue weighted by molar-refractivity contribution is 0.0929. The van der Waals surface area contributed by atoms with Crippen molar-refractivity contribution in [3.8, 4) is 11.5 Å². The third-order valence-electron chi connectivity index (χ3n) is 3.62. The number of nitrogens with one attached hydrogen (secondary N) is 2. The van der Waals surface area contributed by atoms with Gasteiger partial charge >= 0.3 is 0 Å². The highest BCUT2D eigenvalue weighted by molar-refractivity contribution is 9.10. The van der Waals surface area contributed by atoms with Crippen molar-refractivity contribution in [3.05, 3.63) is 22.2 Å². The van der Waals surface area contributed by atoms with Gasteiger partial charge in [-0.15, -0.1) is 12.4 Å². The summed E-state index contributed by atoms with van der Waals surface area (Å²) in [5.74, 6) is 1.13. The van der Waals surface area contributed by atoms with E-state index in [1.165, 1.54) is 0 Å². The lowest BCUT2D eigenvalue weighted by atomic mass is 10.1. The van der Waals surface area contributed by atoms with Crippen LogP contribution in [0.2, 0.25) is 0 Å². The quantitative estimate of drug-likeness (QED) is 0.760. The Hall–Kier alpha value is -0.980. The average Bonchev–Trinajstić information content (AvgIpc) is 2.54. The van der Waals surface area contributed by atoms with E-state index in [1.54, 1.807) is 19.2 Å². The number of ether oxygens (including phenoxy) is 2. The summed E-state index contributed by atoms with van der Waals surface area (Å²) in [6.45, 7) is 4.54. The summed E-state index contributed by atoms with van der Waals surface area (Å²) in [5.41, 5.74) is 0.575. The van der Waals surface area contributed by atoms with Gasteiger partial charge in [-0.25, -0.2) is 0 Å². The Morgan fingerprint density at radius 1 is 1.39 bits per heavy atom. The van der Waals surface area contributed by atoms with E-state index in [1.807, 2.05) is 6.92 Å². The van der Waals surface area contributed by atoms with E-state index in [-0.39, 0.29) is 24.4 Å². The summed E-state index contributed by atoms with van der Waals surface area (Å²) >= 11 is 3.47. The number of carbonyl (C=O) groups is 1. The van der Waals surface area contributed by atoms with E-state index in [4.69, 9.17) is 9.47 Å². The van der Waals surface area contributed by atoms with E-state index in [0.717, 1.165) is 36.8 Å². The molecule has 1 heterocycles. The molecule has 1 amide bonds. The molecule has 0 radical (unpaired) electrons. The Morgan fingerprint density at radius 2 is 2.09 bits per heavy atom. The van der Waals surface area contributed by atoms with Crippen LogP contribution in [-0.2, 0) is 0 Å². The SMILES string of the molecule is CCCOc1c(Br)cc(C(=O)NC2CCNCC2)cc1OC.Cl. The normalized spacial score (nSPS) is 14.7. The molecular weight excluding hydrogens is 384 g/mol. The minimum absolute atomic E-state index is 0. The van der Waals surface area contributed by atoms with Crippen LogP contribution < -0.4 is 20.1 Å². The fourth-order valence-electron chi connectivity index (χ4n) is 2.43. The van der Waals surface area contributed by atoms with Gasteiger partial charge in [0, 0.05) is 11.6 Å². The van der Waals surface area contributed by atoms with E-state index in [0.29, 0.717) is 23.7 Å². The molecule has 0 bridgehead atoms. The van der Waals surface area contributed by atoms with Gasteiger partial charge in [0.25, 0.3) is 5.91 Å². The van der Waals surface area contributed by atoms with Gasteiger partial charge in [0.2, 0.25) is 0 Å². The number of piperidine rings is 1. The molecule has 1 aliphatic heterocycles. The van der Waals surface area contributed by atoms with Crippen molar-refractivity contribution in [2.45, 2.75) is 32.2 Å². The smallest absolute Gasteiger partial charge is 0.251 e. The molecule has 130 valence electrons. The molecule has 1 aromatic carbocycles. The van der Waals surface area contributed by atoms with E-state index < -0.39 is 0 Å². The molecule has 5 nitrogen and oxygen atoms in total. The summed E-state index contributed by atoms with van der Waals surface area (Å²) in [6.07, 6.45) is 2.83. The third-order valence-corrected chi connectivity index (χ3v) is 4.21. The fourth-order valence-corrected chi connectivity index (χ4v) is 2.99. The van der Waals surface area contributed by atoms with Gasteiger partial charge in [-0.1, -0.05) is 6.92 Å². The standard InChI is InChI=1S/C16H23BrN2O3.ClH/c1-3-8-22-15-13(17)9-11(10-14(15)21-2)16(20)19-12-4-6-18-7-5-12;/h9-10,12,18H,3-8H2,1-2H3,(H,19,20);1H. The second-order valence-electron chi connectivity index (χ2n) is 5.34. The second-order valence-corrected chi connectivity index (χ2v) is 6.19. The van der Waals surface area contributed by atoms with Gasteiger partial charge in [0.1, 0.15) is 0 Å². The number of hydrogen-bond donors (Lipinski definition) is 2. The lowest BCUT2D eigenvalue weighted by Crippen LogP contribution is -2.42. The van der Waals surface area contributed by atoms with Crippen molar-refractivity contribution < 1.29 is 14.3 Å². The topological polar surface area (TPSA) is 59.6 Å². The van der Waals surface area contributed by atoms with Crippen LogP contribution in [0.4, 0.5) is 0 Å². The number of carbonyl (C=O) groups excluding carboxylic acids is 1. The number of hydrogen-bond acceptors (Lipinski definition) is 4. The summed E-state index contributed by atoms with van der Waals surface area (Å²) in [5, 5.41) is 6.37. The van der Waals surface area contributed by atoms with E-state index in [9.17, 15) is 4.79 Å². The lowest BCUT2D eigenvalue weighted by Gasteiger charge is -2.24. The highest BCUT2D eigenvalue weighted by atomic mass is 79.9. The minimum atomic E-state index is -0.0760. The monoisotopic (exact) mass is 406 g/mol. The van der Waals surface area contributed by atoms with Gasteiger partial charge in [0.15, 0.2) is 11.5 Å². The first kappa shape index (κ1) is 20.1. The number of halogens is 2. The molecule has 23 heavy (non-hydrogen) atoms. The highest BCUT2D eigenvalue weighted by Gasteiger charge is 2.19. The molecule has 1 aromatic rings. The zero-order chi connectivity index (χ0) is 15.9. The van der Waals surface area contributed by atoms with Crippen LogP contribution >= 0.6 is 28.3 Å². The van der Waals surface area contributed by atoms with Crippen LogP contribution in [0.5, 0.6) is 11.5 Å². The van der Waals surface area contributed by atoms with Crippen LogP contribution in [-0.4, -0.2) is 38.8 Å². The van der Waals surface area contributed by atoms with Crippen LogP contribution in [0, 0.1) is 0 Å². The van der Waals surface area contributed by atoms with Crippen molar-refractivity contribution in [2.24, 2.45) is 0 Å². The van der Waals surface area contributed by atoms with Crippen LogP contribution in [0.1, 0.15) is 36.5 Å². The van der Waals surface area contributed by atoms with Crippen LogP contribution in [0.3, 0.4) is 0 Å². The minimum Gasteiger partial charge on any atom is -0.493 e. The van der Waals surface area contributed by atoms with Gasteiger partial charge in [-0.3, -0.25) is 4.79 Å². The third kappa shape index (κ3) is 5.55. The molecule has 0 unspecified atom stereocenters. The Morgan fingerprint density at radius 3 is 2.70 bits per heavy atom. The summed E-state index contributed by atoms with van der Waals surface area (Å²) < 4.78 is 11.8. The maximum absolute atomic E-state index is 12.4. The fraction of sp³-hybridized carbons (Fsp3) is 0.562. The van der Waals surface area contributed by atoms with Gasteiger partial charge in [-0.2, -0.15) is 0 Å². The Kier molecular flexibility index (Phi) is 8.73. The van der Waals surface area contributed by atoms with Crippen molar-refractivity contribution in [3.63, 3.8) is 0 Å². The number of rotatable bonds is 6. The van der Waals surface area contributed by atoms with E-state index >= 15 is 0 Å². The second kappa shape index (κ2) is 10.0. The Balaban J connectivity index is 0.00000264. The first-order chi connectivity index (χ1) is 10.7. The van der Waals surface area contributed by atoms with Crippen LogP contribution in [0.25, 0.3) is 0 Å². The summed E-state index contributed by atoms with van der Waals surface area (Å²) in [6, 6.07) is 3.74. The Labute approximate surface area is 152 Å². The molecular formula is C16H24BrClN2O3. The predicted molar refractivity (Wildman–Crippen MR) is 97.1 cm³/mol. The molecule has 0 saturated carbocycles. The van der Waals surface area contributed by atoms with E-state index in [2.05, 4.69) is 26.6 Å². The van der Waals surface area contributed by atoms with Crippen molar-refractivity contribution in [1.82, 2.24) is 10.6 Å². The number of methoxy groups -OCH3 is 1. The molecule has 2 rings (SSSR count). The maximum Gasteiger partial charge on any atom is 0.251 e. The molecule has 0 aliphatic carbocycles. The van der Waals surface area contributed by atoms with Crippen LogP contribution in [0.15, 0.2) is 16.6 Å². The molecule has 1 aliphatic rings. The molecule has 0 spiro atoms. The highest BCUT2D eigenvalue weighted by Crippen LogP contribution is 2.36. The molecule has 0 atom stereocenters. The van der Waals surface area contributed by atoms with Crippen molar-refractivity contribution in [1.29, 1.82) is 0 Å². The zero-order valence-electron chi connectivity index (χ0n) is 13.5. The Bertz CT molecular complexity index is 522. The van der Waals surface area contributed by atoms with Gasteiger partial charge in [-0.05, 0) is 60.4 Å². The van der Waals surface area contributed by atoms with Crippen molar-refractivity contribution >= 4 is 34.2 Å². The van der Waals surface area contributed by atoms with Gasteiger partial charge < -0.3 is 20.1 Å². The molecule has 2 N–H and O–H groups in total. The number of benzene rings is 1. The molecule has 1 fully saturated rings.